The maximum atomic E-state index is 12.1. The van der Waals surface area contributed by atoms with Crippen LogP contribution in [0.15, 0.2) is 48.5 Å². The number of benzene rings is 2. The van der Waals surface area contributed by atoms with Gasteiger partial charge in [0.15, 0.2) is 6.61 Å². The maximum absolute atomic E-state index is 12.1. The summed E-state index contributed by atoms with van der Waals surface area (Å²) in [5, 5.41) is 9.74. The standard InChI is InChI=1S/C18H14F2N4O5/c19-18(20)29-12-7-5-11(6-8-12)17(27)21-15(25)10-28-16(26)9-24-14-4-2-1-3-13(14)22-23-24/h1-8,18H,9-10H2,(H,21,25,27). The average molecular weight is 404 g/mol. The molecule has 0 unspecified atom stereocenters. The lowest BCUT2D eigenvalue weighted by Gasteiger charge is -2.07. The molecule has 1 heterocycles. The van der Waals surface area contributed by atoms with E-state index >= 15 is 0 Å². The van der Waals surface area contributed by atoms with E-state index in [2.05, 4.69) is 15.0 Å². The number of hydrogen-bond donors (Lipinski definition) is 1. The van der Waals surface area contributed by atoms with E-state index in [1.807, 2.05) is 5.32 Å². The van der Waals surface area contributed by atoms with Crippen LogP contribution in [-0.4, -0.2) is 46.0 Å². The van der Waals surface area contributed by atoms with E-state index in [4.69, 9.17) is 4.74 Å². The van der Waals surface area contributed by atoms with Gasteiger partial charge in [-0.3, -0.25) is 19.7 Å². The number of fused-ring (bicyclic) bond motifs is 1. The smallest absolute Gasteiger partial charge is 0.387 e. The maximum Gasteiger partial charge on any atom is 0.387 e. The van der Waals surface area contributed by atoms with Crippen molar-refractivity contribution in [2.45, 2.75) is 13.2 Å². The summed E-state index contributed by atoms with van der Waals surface area (Å²) in [5.74, 6) is -2.49. The number of alkyl halides is 2. The Kier molecular flexibility index (Phi) is 6.07. The number of carbonyl (C=O) groups excluding carboxylic acids is 3. The Balaban J connectivity index is 1.47. The van der Waals surface area contributed by atoms with E-state index in [1.165, 1.54) is 16.8 Å². The Morgan fingerprint density at radius 1 is 1.07 bits per heavy atom. The van der Waals surface area contributed by atoms with Crippen molar-refractivity contribution in [2.75, 3.05) is 6.61 Å². The number of rotatable bonds is 7. The number of nitrogens with one attached hydrogen (secondary N) is 1. The average Bonchev–Trinajstić information content (AvgIpc) is 3.09. The topological polar surface area (TPSA) is 112 Å². The van der Waals surface area contributed by atoms with Gasteiger partial charge in [-0.2, -0.15) is 8.78 Å². The van der Waals surface area contributed by atoms with Crippen LogP contribution in [-0.2, 0) is 20.9 Å². The van der Waals surface area contributed by atoms with E-state index < -0.39 is 31.0 Å². The Bertz CT molecular complexity index is 1040. The first-order valence-electron chi connectivity index (χ1n) is 8.25. The van der Waals surface area contributed by atoms with Crippen LogP contribution in [0.25, 0.3) is 11.0 Å². The molecule has 3 aromatic rings. The Labute approximate surface area is 162 Å². The molecule has 2 amide bonds. The van der Waals surface area contributed by atoms with Gasteiger partial charge in [0.05, 0.1) is 5.52 Å². The Hall–Kier alpha value is -3.89. The van der Waals surface area contributed by atoms with Crippen molar-refractivity contribution in [2.24, 2.45) is 0 Å². The number of para-hydroxylation sites is 1. The second-order valence-electron chi connectivity index (χ2n) is 5.68. The third kappa shape index (κ3) is 5.31. The highest BCUT2D eigenvalue weighted by molar-refractivity contribution is 6.05. The zero-order valence-electron chi connectivity index (χ0n) is 14.7. The van der Waals surface area contributed by atoms with Gasteiger partial charge in [0.1, 0.15) is 17.8 Å². The molecule has 0 saturated carbocycles. The van der Waals surface area contributed by atoms with E-state index in [-0.39, 0.29) is 17.9 Å². The molecule has 11 heteroatoms. The van der Waals surface area contributed by atoms with Crippen LogP contribution in [0.1, 0.15) is 10.4 Å². The van der Waals surface area contributed by atoms with Crippen molar-refractivity contribution in [3.63, 3.8) is 0 Å². The summed E-state index contributed by atoms with van der Waals surface area (Å²) in [6, 6.07) is 11.7. The molecule has 0 saturated heterocycles. The van der Waals surface area contributed by atoms with Crippen molar-refractivity contribution in [3.05, 3.63) is 54.1 Å². The summed E-state index contributed by atoms with van der Waals surface area (Å²) in [4.78, 5) is 35.6. The molecule has 0 fully saturated rings. The van der Waals surface area contributed by atoms with E-state index in [1.54, 1.807) is 24.3 Å². The molecule has 150 valence electrons. The lowest BCUT2D eigenvalue weighted by atomic mass is 10.2. The number of halogens is 2. The van der Waals surface area contributed by atoms with Crippen LogP contribution in [0.2, 0.25) is 0 Å². The van der Waals surface area contributed by atoms with Gasteiger partial charge in [-0.25, -0.2) is 4.68 Å². The predicted octanol–water partition coefficient (Wildman–Crippen LogP) is 1.53. The fourth-order valence-corrected chi connectivity index (χ4v) is 2.37. The second-order valence-corrected chi connectivity index (χ2v) is 5.68. The number of ether oxygens (including phenoxy) is 2. The molecule has 9 nitrogen and oxygen atoms in total. The van der Waals surface area contributed by atoms with Crippen LogP contribution in [0.5, 0.6) is 5.75 Å². The van der Waals surface area contributed by atoms with Gasteiger partial charge in [0.25, 0.3) is 11.8 Å². The largest absolute Gasteiger partial charge is 0.454 e. The summed E-state index contributed by atoms with van der Waals surface area (Å²) in [7, 11) is 0. The highest BCUT2D eigenvalue weighted by atomic mass is 19.3. The number of amides is 2. The molecule has 0 radical (unpaired) electrons. The predicted molar refractivity (Wildman–Crippen MR) is 94.0 cm³/mol. The van der Waals surface area contributed by atoms with Crippen LogP contribution in [0, 0.1) is 0 Å². The van der Waals surface area contributed by atoms with Crippen LogP contribution in [0.3, 0.4) is 0 Å². The summed E-state index contributed by atoms with van der Waals surface area (Å²) >= 11 is 0. The molecule has 0 bridgehead atoms. The molecule has 1 N–H and O–H groups in total. The van der Waals surface area contributed by atoms with Gasteiger partial charge in [0.2, 0.25) is 0 Å². The molecular weight excluding hydrogens is 390 g/mol. The summed E-state index contributed by atoms with van der Waals surface area (Å²) < 4.78 is 34.5. The first-order chi connectivity index (χ1) is 13.9. The minimum absolute atomic E-state index is 0.0420. The van der Waals surface area contributed by atoms with Gasteiger partial charge in [-0.1, -0.05) is 17.3 Å². The van der Waals surface area contributed by atoms with Crippen molar-refractivity contribution >= 4 is 28.8 Å². The molecule has 29 heavy (non-hydrogen) atoms. The van der Waals surface area contributed by atoms with Gasteiger partial charge in [-0.05, 0) is 36.4 Å². The lowest BCUT2D eigenvalue weighted by Crippen LogP contribution is -2.34. The monoisotopic (exact) mass is 404 g/mol. The molecular formula is C18H14F2N4O5. The normalized spacial score (nSPS) is 10.7. The summed E-state index contributed by atoms with van der Waals surface area (Å²) in [6.07, 6.45) is 0. The van der Waals surface area contributed by atoms with Gasteiger partial charge in [0, 0.05) is 5.56 Å². The van der Waals surface area contributed by atoms with Crippen molar-refractivity contribution in [1.29, 1.82) is 0 Å². The Morgan fingerprint density at radius 3 is 2.52 bits per heavy atom. The third-order valence-corrected chi connectivity index (χ3v) is 3.66. The van der Waals surface area contributed by atoms with Gasteiger partial charge >= 0.3 is 12.6 Å². The van der Waals surface area contributed by atoms with Crippen LogP contribution in [0.4, 0.5) is 8.78 Å². The molecule has 0 aliphatic rings. The number of carbonyl (C=O) groups is 3. The minimum atomic E-state index is -2.98. The quantitative estimate of drug-likeness (QED) is 0.594. The first kappa shape index (κ1) is 19.9. The van der Waals surface area contributed by atoms with E-state index in [0.717, 1.165) is 12.1 Å². The fourth-order valence-electron chi connectivity index (χ4n) is 2.37. The minimum Gasteiger partial charge on any atom is -0.454 e. The number of esters is 1. The number of hydrogen-bond acceptors (Lipinski definition) is 7. The first-order valence-corrected chi connectivity index (χ1v) is 8.25. The highest BCUT2D eigenvalue weighted by Gasteiger charge is 2.15. The van der Waals surface area contributed by atoms with Gasteiger partial charge in [-0.15, -0.1) is 5.10 Å². The lowest BCUT2D eigenvalue weighted by molar-refractivity contribution is -0.149. The van der Waals surface area contributed by atoms with E-state index in [9.17, 15) is 23.2 Å². The molecule has 2 aromatic carbocycles. The summed E-state index contributed by atoms with van der Waals surface area (Å²) in [5.41, 5.74) is 1.28. The molecule has 0 aliphatic carbocycles. The SMILES string of the molecule is O=C(COC(=O)Cn1nnc2ccccc21)NC(=O)c1ccc(OC(F)F)cc1. The molecule has 0 atom stereocenters. The number of nitrogens with zero attached hydrogens (tertiary/aromatic N) is 3. The molecule has 3 rings (SSSR count). The second kappa shape index (κ2) is 8.87. The van der Waals surface area contributed by atoms with Crippen LogP contribution >= 0.6 is 0 Å². The molecule has 0 spiro atoms. The Morgan fingerprint density at radius 2 is 1.79 bits per heavy atom. The number of aromatic nitrogens is 3. The summed E-state index contributed by atoms with van der Waals surface area (Å²) in [6.45, 7) is -3.92. The zero-order chi connectivity index (χ0) is 20.8. The van der Waals surface area contributed by atoms with Crippen molar-refractivity contribution in [1.82, 2.24) is 20.3 Å². The van der Waals surface area contributed by atoms with Gasteiger partial charge < -0.3 is 9.47 Å². The van der Waals surface area contributed by atoms with E-state index in [0.29, 0.717) is 11.0 Å². The third-order valence-electron chi connectivity index (χ3n) is 3.66. The molecule has 0 aliphatic heterocycles. The van der Waals surface area contributed by atoms with Crippen molar-refractivity contribution in [3.8, 4) is 5.75 Å². The highest BCUT2D eigenvalue weighted by Crippen LogP contribution is 2.14. The zero-order valence-corrected chi connectivity index (χ0v) is 14.7. The fraction of sp³-hybridized carbons (Fsp3) is 0.167. The van der Waals surface area contributed by atoms with Crippen LogP contribution < -0.4 is 10.1 Å². The van der Waals surface area contributed by atoms with Crippen molar-refractivity contribution < 1.29 is 32.6 Å². The molecule has 1 aromatic heterocycles. The number of imide groups is 1.